The second-order valence-electron chi connectivity index (χ2n) is 2.78. The minimum Gasteiger partial charge on any atom is -0.399 e. The van der Waals surface area contributed by atoms with Gasteiger partial charge in [-0.1, -0.05) is 0 Å². The lowest BCUT2D eigenvalue weighted by Gasteiger charge is -2.05. The fourth-order valence-electron chi connectivity index (χ4n) is 0.849. The number of thioether (sulfide) groups is 1. The third-order valence-electron chi connectivity index (χ3n) is 1.53. The molecule has 1 rings (SSSR count). The van der Waals surface area contributed by atoms with Gasteiger partial charge in [0.05, 0.1) is 6.42 Å². The molecule has 1 aromatic carbocycles. The lowest BCUT2D eigenvalue weighted by molar-refractivity contribution is -0.129. The summed E-state index contributed by atoms with van der Waals surface area (Å²) in [5, 5.41) is 0. The highest BCUT2D eigenvalue weighted by atomic mass is 32.2. The number of hydrogen-bond donors (Lipinski definition) is 1. The topological polar surface area (TPSA) is 26.0 Å². The van der Waals surface area contributed by atoms with Crippen molar-refractivity contribution < 1.29 is 13.2 Å². The fourth-order valence-corrected chi connectivity index (χ4v) is 1.75. The lowest BCUT2D eigenvalue weighted by atomic mass is 10.3. The average molecular weight is 221 g/mol. The predicted molar refractivity (Wildman–Crippen MR) is 52.3 cm³/mol. The molecule has 2 N–H and O–H groups in total. The van der Waals surface area contributed by atoms with Crippen molar-refractivity contribution in [2.24, 2.45) is 0 Å². The van der Waals surface area contributed by atoms with Gasteiger partial charge < -0.3 is 5.73 Å². The fraction of sp³-hybridized carbons (Fsp3) is 0.333. The summed E-state index contributed by atoms with van der Waals surface area (Å²) in [5.41, 5.74) is 6.05. The predicted octanol–water partition coefficient (Wildman–Crippen LogP) is 3.31. The highest BCUT2D eigenvalue weighted by molar-refractivity contribution is 7.99. The van der Waals surface area contributed by atoms with Gasteiger partial charge in [-0.05, 0) is 24.3 Å². The molecule has 0 radical (unpaired) electrons. The monoisotopic (exact) mass is 221 g/mol. The molecule has 0 bridgehead atoms. The van der Waals surface area contributed by atoms with E-state index >= 15 is 0 Å². The largest absolute Gasteiger partial charge is 0.399 e. The maximum absolute atomic E-state index is 11.8. The van der Waals surface area contributed by atoms with Gasteiger partial charge in [0.25, 0.3) is 0 Å². The molecule has 0 amide bonds. The van der Waals surface area contributed by atoms with Crippen LogP contribution in [0, 0.1) is 0 Å². The van der Waals surface area contributed by atoms with E-state index in [9.17, 15) is 13.2 Å². The van der Waals surface area contributed by atoms with Crippen molar-refractivity contribution in [1.82, 2.24) is 0 Å². The van der Waals surface area contributed by atoms with Crippen molar-refractivity contribution in [3.05, 3.63) is 24.3 Å². The van der Waals surface area contributed by atoms with Crippen molar-refractivity contribution >= 4 is 17.4 Å². The van der Waals surface area contributed by atoms with Crippen LogP contribution in [0.1, 0.15) is 6.42 Å². The third kappa shape index (κ3) is 4.41. The first-order chi connectivity index (χ1) is 6.47. The van der Waals surface area contributed by atoms with Gasteiger partial charge in [0.15, 0.2) is 0 Å². The molecule has 14 heavy (non-hydrogen) atoms. The molecular formula is C9H10F3NS. The number of hydrogen-bond acceptors (Lipinski definition) is 2. The number of anilines is 1. The van der Waals surface area contributed by atoms with E-state index < -0.39 is 12.6 Å². The number of benzene rings is 1. The molecule has 0 aromatic heterocycles. The second-order valence-corrected chi connectivity index (χ2v) is 3.95. The molecule has 1 aromatic rings. The molecule has 0 spiro atoms. The Morgan fingerprint density at radius 3 is 2.21 bits per heavy atom. The van der Waals surface area contributed by atoms with E-state index in [4.69, 9.17) is 5.73 Å². The van der Waals surface area contributed by atoms with Gasteiger partial charge in [-0.3, -0.25) is 0 Å². The maximum atomic E-state index is 11.8. The average Bonchev–Trinajstić information content (AvgIpc) is 2.06. The zero-order valence-corrected chi connectivity index (χ0v) is 8.16. The third-order valence-corrected chi connectivity index (χ3v) is 2.55. The molecule has 5 heteroatoms. The van der Waals surface area contributed by atoms with Gasteiger partial charge in [0.2, 0.25) is 0 Å². The van der Waals surface area contributed by atoms with E-state index in [1.54, 1.807) is 24.3 Å². The molecule has 0 unspecified atom stereocenters. The zero-order valence-electron chi connectivity index (χ0n) is 7.34. The Balaban J connectivity index is 2.35. The van der Waals surface area contributed by atoms with E-state index in [2.05, 4.69) is 0 Å². The molecule has 0 heterocycles. The molecule has 78 valence electrons. The number of halogens is 3. The summed E-state index contributed by atoms with van der Waals surface area (Å²) >= 11 is 1.18. The lowest BCUT2D eigenvalue weighted by Crippen LogP contribution is -2.07. The van der Waals surface area contributed by atoms with Crippen molar-refractivity contribution in [1.29, 1.82) is 0 Å². The Morgan fingerprint density at radius 2 is 1.71 bits per heavy atom. The summed E-state index contributed by atoms with van der Waals surface area (Å²) in [5.74, 6) is 0.0490. The molecule has 0 atom stereocenters. The van der Waals surface area contributed by atoms with Crippen LogP contribution in [0.2, 0.25) is 0 Å². The van der Waals surface area contributed by atoms with Crippen LogP contribution < -0.4 is 5.73 Å². The van der Waals surface area contributed by atoms with E-state index in [0.717, 1.165) is 4.90 Å². The van der Waals surface area contributed by atoms with Crippen LogP contribution in [-0.4, -0.2) is 11.9 Å². The Morgan fingerprint density at radius 1 is 1.14 bits per heavy atom. The molecule has 1 nitrogen and oxygen atoms in total. The van der Waals surface area contributed by atoms with Gasteiger partial charge in [-0.25, -0.2) is 0 Å². The van der Waals surface area contributed by atoms with Crippen molar-refractivity contribution in [2.75, 3.05) is 11.5 Å². The van der Waals surface area contributed by atoms with Crippen LogP contribution in [0.5, 0.6) is 0 Å². The van der Waals surface area contributed by atoms with Gasteiger partial charge in [0, 0.05) is 16.3 Å². The molecular weight excluding hydrogens is 211 g/mol. The number of rotatable bonds is 3. The van der Waals surface area contributed by atoms with Crippen LogP contribution in [0.4, 0.5) is 18.9 Å². The summed E-state index contributed by atoms with van der Waals surface area (Å²) in [6.45, 7) is 0. The molecule has 0 saturated carbocycles. The van der Waals surface area contributed by atoms with Crippen LogP contribution in [0.15, 0.2) is 29.2 Å². The number of nitrogen functional groups attached to an aromatic ring is 1. The van der Waals surface area contributed by atoms with E-state index in [1.807, 2.05) is 0 Å². The smallest absolute Gasteiger partial charge is 0.389 e. The second kappa shape index (κ2) is 4.59. The molecule has 0 aliphatic carbocycles. The quantitative estimate of drug-likeness (QED) is 0.626. The summed E-state index contributed by atoms with van der Waals surface area (Å²) < 4.78 is 35.4. The minimum absolute atomic E-state index is 0.0490. The Labute approximate surface area is 84.5 Å². The zero-order chi connectivity index (χ0) is 10.6. The van der Waals surface area contributed by atoms with Gasteiger partial charge in [0.1, 0.15) is 0 Å². The Kier molecular flexibility index (Phi) is 3.69. The minimum atomic E-state index is -4.07. The van der Waals surface area contributed by atoms with E-state index in [1.165, 1.54) is 11.8 Å². The molecule has 0 saturated heterocycles. The Hall–Kier alpha value is -0.840. The first kappa shape index (κ1) is 11.2. The summed E-state index contributed by atoms with van der Waals surface area (Å²) in [7, 11) is 0. The van der Waals surface area contributed by atoms with Crippen LogP contribution >= 0.6 is 11.8 Å². The van der Waals surface area contributed by atoms with Gasteiger partial charge in [-0.15, -0.1) is 11.8 Å². The van der Waals surface area contributed by atoms with Crippen LogP contribution in [0.3, 0.4) is 0 Å². The standard InChI is InChI=1S/C9H10F3NS/c10-9(11,12)5-6-14-8-3-1-7(13)2-4-8/h1-4H,5-6,13H2. The van der Waals surface area contributed by atoms with Gasteiger partial charge >= 0.3 is 6.18 Å². The number of alkyl halides is 3. The maximum Gasteiger partial charge on any atom is 0.389 e. The molecule has 0 aliphatic rings. The first-order valence-electron chi connectivity index (χ1n) is 4.02. The number of nitrogens with two attached hydrogens (primary N) is 1. The molecule has 0 fully saturated rings. The Bertz CT molecular complexity index is 281. The van der Waals surface area contributed by atoms with E-state index in [0.29, 0.717) is 5.69 Å². The highest BCUT2D eigenvalue weighted by Crippen LogP contribution is 2.26. The molecule has 0 aliphatic heterocycles. The summed E-state index contributed by atoms with van der Waals surface area (Å²) in [6.07, 6.45) is -4.83. The van der Waals surface area contributed by atoms with Crippen molar-refractivity contribution in [2.45, 2.75) is 17.5 Å². The normalized spacial score (nSPS) is 11.6. The summed E-state index contributed by atoms with van der Waals surface area (Å²) in [6, 6.07) is 6.79. The van der Waals surface area contributed by atoms with Crippen molar-refractivity contribution in [3.8, 4) is 0 Å². The van der Waals surface area contributed by atoms with Crippen molar-refractivity contribution in [3.63, 3.8) is 0 Å². The first-order valence-corrected chi connectivity index (χ1v) is 5.01. The SMILES string of the molecule is Nc1ccc(SCCC(F)(F)F)cc1. The summed E-state index contributed by atoms with van der Waals surface area (Å²) in [4.78, 5) is 0.809. The van der Waals surface area contributed by atoms with Crippen LogP contribution in [0.25, 0.3) is 0 Å². The van der Waals surface area contributed by atoms with Crippen LogP contribution in [-0.2, 0) is 0 Å². The highest BCUT2D eigenvalue weighted by Gasteiger charge is 2.26. The van der Waals surface area contributed by atoms with Gasteiger partial charge in [-0.2, -0.15) is 13.2 Å². The van der Waals surface area contributed by atoms with E-state index in [-0.39, 0.29) is 5.75 Å².